The van der Waals surface area contributed by atoms with Crippen LogP contribution in [0.15, 0.2) is 30.7 Å². The smallest absolute Gasteiger partial charge is 0.433 e. The Bertz CT molecular complexity index is 1170. The average Bonchev–Trinajstić information content (AvgIpc) is 3.13. The Hall–Kier alpha value is -3.45. The number of carbonyl (C=O) groups excluding carboxylic acids is 1. The van der Waals surface area contributed by atoms with Crippen molar-refractivity contribution in [3.63, 3.8) is 0 Å². The molecule has 3 aromatic heterocycles. The number of hydrogen-bond donors (Lipinski definition) is 2. The molecule has 13 heteroatoms. The fourth-order valence-corrected chi connectivity index (χ4v) is 3.80. The van der Waals surface area contributed by atoms with E-state index < -0.39 is 17.8 Å². The minimum atomic E-state index is -4.68. The van der Waals surface area contributed by atoms with Gasteiger partial charge in [-0.25, -0.2) is 9.50 Å². The first-order chi connectivity index (χ1) is 16.3. The van der Waals surface area contributed by atoms with Crippen molar-refractivity contribution in [1.82, 2.24) is 24.5 Å². The van der Waals surface area contributed by atoms with Gasteiger partial charge in [-0.1, -0.05) is 0 Å². The van der Waals surface area contributed by atoms with E-state index >= 15 is 0 Å². The number of methoxy groups -OCH3 is 1. The van der Waals surface area contributed by atoms with E-state index in [2.05, 4.69) is 25.3 Å². The van der Waals surface area contributed by atoms with E-state index in [1.54, 1.807) is 13.2 Å². The number of ether oxygens (including phenoxy) is 2. The predicted octanol–water partition coefficient (Wildman–Crippen LogP) is 2.47. The van der Waals surface area contributed by atoms with E-state index in [0.717, 1.165) is 42.7 Å². The zero-order chi connectivity index (χ0) is 24.3. The lowest BCUT2D eigenvalue weighted by molar-refractivity contribution is -0.141. The Labute approximate surface area is 192 Å². The van der Waals surface area contributed by atoms with Gasteiger partial charge < -0.3 is 20.5 Å². The Morgan fingerprint density at radius 3 is 2.94 bits per heavy atom. The third-order valence-corrected chi connectivity index (χ3v) is 5.43. The van der Waals surface area contributed by atoms with Crippen molar-refractivity contribution in [3.8, 4) is 5.75 Å². The number of nitrogens with two attached hydrogens (primary N) is 1. The summed E-state index contributed by atoms with van der Waals surface area (Å²) in [7, 11) is 1.65. The summed E-state index contributed by atoms with van der Waals surface area (Å²) in [6.07, 6.45) is 0.969. The van der Waals surface area contributed by atoms with Gasteiger partial charge >= 0.3 is 6.18 Å². The molecule has 4 heterocycles. The molecule has 10 nitrogen and oxygen atoms in total. The molecule has 3 N–H and O–H groups in total. The van der Waals surface area contributed by atoms with E-state index in [9.17, 15) is 18.0 Å². The predicted molar refractivity (Wildman–Crippen MR) is 117 cm³/mol. The van der Waals surface area contributed by atoms with E-state index in [0.29, 0.717) is 18.9 Å². The molecule has 0 saturated carbocycles. The van der Waals surface area contributed by atoms with Crippen LogP contribution >= 0.6 is 0 Å². The van der Waals surface area contributed by atoms with Gasteiger partial charge in [-0.3, -0.25) is 14.7 Å². The van der Waals surface area contributed by atoms with Crippen molar-refractivity contribution in [3.05, 3.63) is 42.0 Å². The summed E-state index contributed by atoms with van der Waals surface area (Å²) in [5, 5.41) is 6.51. The van der Waals surface area contributed by atoms with Crippen molar-refractivity contribution >= 4 is 23.1 Å². The maximum Gasteiger partial charge on any atom is 0.433 e. The van der Waals surface area contributed by atoms with Gasteiger partial charge in [0.15, 0.2) is 11.5 Å². The molecule has 0 spiro atoms. The lowest BCUT2D eigenvalue weighted by atomic mass is 10.1. The molecule has 0 aliphatic carbocycles. The zero-order valence-corrected chi connectivity index (χ0v) is 18.4. The number of nitrogens with zero attached hydrogens (tertiary/aromatic N) is 5. The van der Waals surface area contributed by atoms with E-state index in [1.807, 2.05) is 0 Å². The Morgan fingerprint density at radius 1 is 1.35 bits per heavy atom. The van der Waals surface area contributed by atoms with Gasteiger partial charge in [0.2, 0.25) is 0 Å². The van der Waals surface area contributed by atoms with Crippen LogP contribution in [-0.4, -0.2) is 69.8 Å². The maximum absolute atomic E-state index is 13.1. The molecule has 0 unspecified atom stereocenters. The van der Waals surface area contributed by atoms with Crippen LogP contribution in [0.3, 0.4) is 0 Å². The van der Waals surface area contributed by atoms with Gasteiger partial charge in [-0.15, -0.1) is 5.10 Å². The number of likely N-dealkylation sites (tertiary alicyclic amines) is 1. The number of hydrogen-bond acceptors (Lipinski definition) is 8. The van der Waals surface area contributed by atoms with Crippen LogP contribution in [0, 0.1) is 0 Å². The van der Waals surface area contributed by atoms with Gasteiger partial charge in [-0.05, 0) is 25.5 Å². The standard InChI is InChI=1S/C21H24F3N7O3/c1-33-10-9-30-7-2-3-13(12-30)34-15-4-6-26-11-14(15)27-20(32)17-18(25)29-31-8-5-16(21(22,23)24)28-19(17)31/h4-6,8,11,13H,2-3,7,9-10,12H2,1H3,(H2,25,29)(H,27,32)/t13-/m0/s1. The maximum atomic E-state index is 13.1. The first-order valence-corrected chi connectivity index (χ1v) is 10.6. The number of alkyl halides is 3. The summed E-state index contributed by atoms with van der Waals surface area (Å²) in [4.78, 5) is 22.8. The number of halogens is 3. The summed E-state index contributed by atoms with van der Waals surface area (Å²) in [5.41, 5.74) is 4.35. The molecular weight excluding hydrogens is 455 g/mol. The van der Waals surface area contributed by atoms with Crippen LogP contribution in [0.4, 0.5) is 24.7 Å². The number of fused-ring (bicyclic) bond motifs is 1. The number of amides is 1. The normalized spacial score (nSPS) is 17.1. The molecule has 1 amide bonds. The van der Waals surface area contributed by atoms with Crippen LogP contribution in [0.5, 0.6) is 5.75 Å². The molecule has 34 heavy (non-hydrogen) atoms. The van der Waals surface area contributed by atoms with Crippen molar-refractivity contribution in [2.24, 2.45) is 0 Å². The number of nitrogen functional groups attached to an aromatic ring is 1. The number of rotatable bonds is 7. The summed E-state index contributed by atoms with van der Waals surface area (Å²) < 4.78 is 51.7. The molecule has 1 saturated heterocycles. The number of carbonyl (C=O) groups is 1. The molecule has 1 fully saturated rings. The number of pyridine rings is 1. The molecule has 0 radical (unpaired) electrons. The summed E-state index contributed by atoms with van der Waals surface area (Å²) in [5.74, 6) is -0.639. The first kappa shape index (κ1) is 23.7. The van der Waals surface area contributed by atoms with Crippen molar-refractivity contribution in [2.75, 3.05) is 44.4 Å². The summed E-state index contributed by atoms with van der Waals surface area (Å²) in [6.45, 7) is 3.06. The van der Waals surface area contributed by atoms with Crippen molar-refractivity contribution < 1.29 is 27.4 Å². The number of aromatic nitrogens is 4. The fourth-order valence-electron chi connectivity index (χ4n) is 3.80. The van der Waals surface area contributed by atoms with E-state index in [-0.39, 0.29) is 28.8 Å². The third kappa shape index (κ3) is 5.20. The molecule has 4 rings (SSSR count). The molecular formula is C21H24F3N7O3. The quantitative estimate of drug-likeness (QED) is 0.530. The minimum Gasteiger partial charge on any atom is -0.487 e. The highest BCUT2D eigenvalue weighted by Gasteiger charge is 2.34. The average molecular weight is 479 g/mol. The molecule has 1 aliphatic rings. The molecule has 1 atom stereocenters. The molecule has 3 aromatic rings. The first-order valence-electron chi connectivity index (χ1n) is 10.6. The highest BCUT2D eigenvalue weighted by Crippen LogP contribution is 2.30. The second-order valence-electron chi connectivity index (χ2n) is 7.84. The number of piperidine rings is 1. The zero-order valence-electron chi connectivity index (χ0n) is 18.4. The van der Waals surface area contributed by atoms with Crippen LogP contribution in [-0.2, 0) is 10.9 Å². The number of nitrogens with one attached hydrogen (secondary N) is 1. The van der Waals surface area contributed by atoms with E-state index in [1.165, 1.54) is 12.4 Å². The van der Waals surface area contributed by atoms with Crippen LogP contribution in [0.2, 0.25) is 0 Å². The summed E-state index contributed by atoms with van der Waals surface area (Å²) in [6, 6.07) is 2.37. The monoisotopic (exact) mass is 479 g/mol. The second-order valence-corrected chi connectivity index (χ2v) is 7.84. The highest BCUT2D eigenvalue weighted by molar-refractivity contribution is 6.12. The molecule has 0 aromatic carbocycles. The minimum absolute atomic E-state index is 0.110. The Morgan fingerprint density at radius 2 is 2.18 bits per heavy atom. The fraction of sp³-hybridized carbons (Fsp3) is 0.429. The Kier molecular flexibility index (Phi) is 6.84. The topological polar surface area (TPSA) is 120 Å². The summed E-state index contributed by atoms with van der Waals surface area (Å²) >= 11 is 0. The van der Waals surface area contributed by atoms with Crippen molar-refractivity contribution in [1.29, 1.82) is 0 Å². The van der Waals surface area contributed by atoms with Gasteiger partial charge in [0, 0.05) is 38.7 Å². The lowest BCUT2D eigenvalue weighted by Gasteiger charge is -2.33. The van der Waals surface area contributed by atoms with Gasteiger partial charge in [0.25, 0.3) is 5.91 Å². The lowest BCUT2D eigenvalue weighted by Crippen LogP contribution is -2.42. The van der Waals surface area contributed by atoms with Gasteiger partial charge in [0.1, 0.15) is 28.8 Å². The van der Waals surface area contributed by atoms with Crippen molar-refractivity contribution in [2.45, 2.75) is 25.1 Å². The number of anilines is 2. The third-order valence-electron chi connectivity index (χ3n) is 5.43. The molecule has 182 valence electrons. The van der Waals surface area contributed by atoms with Crippen LogP contribution < -0.4 is 15.8 Å². The largest absolute Gasteiger partial charge is 0.487 e. The Balaban J connectivity index is 1.54. The van der Waals surface area contributed by atoms with Crippen LogP contribution in [0.25, 0.3) is 5.65 Å². The highest BCUT2D eigenvalue weighted by atomic mass is 19.4. The van der Waals surface area contributed by atoms with Gasteiger partial charge in [0.05, 0.1) is 12.8 Å². The molecule has 0 bridgehead atoms. The van der Waals surface area contributed by atoms with E-state index in [4.69, 9.17) is 15.2 Å². The SMILES string of the molecule is COCCN1CCC[C@H](Oc2ccncc2NC(=O)c2c(N)nn3ccc(C(F)(F)F)nc23)C1. The van der Waals surface area contributed by atoms with Crippen LogP contribution in [0.1, 0.15) is 28.9 Å². The molecule has 1 aliphatic heterocycles. The van der Waals surface area contributed by atoms with Gasteiger partial charge in [-0.2, -0.15) is 13.2 Å². The second kappa shape index (κ2) is 9.81.